The summed E-state index contributed by atoms with van der Waals surface area (Å²) in [7, 11) is -4.17. The Morgan fingerprint density at radius 3 is 2.65 bits per heavy atom. The maximum absolute atomic E-state index is 13.2. The number of nitrogens with zero attached hydrogens (tertiary/aromatic N) is 2. The van der Waals surface area contributed by atoms with Gasteiger partial charge in [0, 0.05) is 16.2 Å². The molecule has 2 aromatic carbocycles. The lowest BCUT2D eigenvalue weighted by Crippen LogP contribution is -2.17. The molecule has 0 bridgehead atoms. The van der Waals surface area contributed by atoms with Crippen molar-refractivity contribution in [3.8, 4) is 17.0 Å². The number of rotatable bonds is 8. The lowest BCUT2D eigenvalue weighted by atomic mass is 10.1. The first kappa shape index (κ1) is 23.7. The number of benzene rings is 2. The number of fused-ring (bicyclic) bond motifs is 1. The van der Waals surface area contributed by atoms with Gasteiger partial charge in [-0.2, -0.15) is 8.42 Å². The number of anilines is 1. The highest BCUT2D eigenvalue weighted by Crippen LogP contribution is 2.32. The van der Waals surface area contributed by atoms with Crippen molar-refractivity contribution in [2.45, 2.75) is 11.8 Å². The molecule has 0 saturated carbocycles. The molecule has 8 nitrogen and oxygen atoms in total. The average Bonchev–Trinajstić information content (AvgIpc) is 3.16. The number of ether oxygens (including phenoxy) is 1. The summed E-state index contributed by atoms with van der Waals surface area (Å²) in [5, 5.41) is 3.06. The summed E-state index contributed by atoms with van der Waals surface area (Å²) < 4.78 is 51.2. The van der Waals surface area contributed by atoms with Crippen molar-refractivity contribution in [2.24, 2.45) is 0 Å². The van der Waals surface area contributed by atoms with Crippen LogP contribution in [0.3, 0.4) is 0 Å². The van der Waals surface area contributed by atoms with Gasteiger partial charge in [-0.1, -0.05) is 12.1 Å². The third kappa shape index (κ3) is 5.20. The maximum atomic E-state index is 13.2. The molecular formula is C23H19BrFN3O5S. The van der Waals surface area contributed by atoms with Crippen LogP contribution in [0, 0.1) is 5.82 Å². The molecule has 0 saturated heterocycles. The number of esters is 1. The Hall–Kier alpha value is -3.44. The fraction of sp³-hybridized carbons (Fsp3) is 0.130. The van der Waals surface area contributed by atoms with Crippen LogP contribution in [0.15, 0.2) is 76.2 Å². The average molecular weight is 548 g/mol. The van der Waals surface area contributed by atoms with E-state index in [0.29, 0.717) is 22.7 Å². The quantitative estimate of drug-likeness (QED) is 0.253. The molecule has 1 N–H and O–H groups in total. The first-order valence-electron chi connectivity index (χ1n) is 10.1. The molecule has 4 rings (SSSR count). The number of halogens is 2. The molecule has 0 aliphatic carbocycles. The van der Waals surface area contributed by atoms with Gasteiger partial charge in [-0.3, -0.25) is 9.20 Å². The summed E-state index contributed by atoms with van der Waals surface area (Å²) in [6.07, 6.45) is 1.79. The molecule has 176 valence electrons. The van der Waals surface area contributed by atoms with E-state index in [9.17, 15) is 17.6 Å². The van der Waals surface area contributed by atoms with E-state index < -0.39 is 21.9 Å². The van der Waals surface area contributed by atoms with Gasteiger partial charge < -0.3 is 14.2 Å². The molecule has 0 radical (unpaired) electrons. The molecular weight excluding hydrogens is 529 g/mol. The molecule has 0 aliphatic rings. The normalized spacial score (nSPS) is 11.4. The first-order chi connectivity index (χ1) is 16.3. The number of nitrogens with one attached hydrogen (secondary N) is 1. The topological polar surface area (TPSA) is 99.0 Å². The Bertz CT molecular complexity index is 1460. The van der Waals surface area contributed by atoms with Crippen molar-refractivity contribution in [2.75, 3.05) is 18.5 Å². The van der Waals surface area contributed by atoms with Crippen molar-refractivity contribution in [1.82, 2.24) is 9.38 Å². The zero-order chi connectivity index (χ0) is 24.3. The highest BCUT2D eigenvalue weighted by atomic mass is 79.9. The fourth-order valence-electron chi connectivity index (χ4n) is 3.23. The largest absolute Gasteiger partial charge is 0.465 e. The number of aromatic nitrogens is 2. The summed E-state index contributed by atoms with van der Waals surface area (Å²) in [4.78, 5) is 16.4. The predicted molar refractivity (Wildman–Crippen MR) is 128 cm³/mol. The van der Waals surface area contributed by atoms with Gasteiger partial charge in [0.15, 0.2) is 0 Å². The molecule has 2 heterocycles. The van der Waals surface area contributed by atoms with E-state index in [4.69, 9.17) is 8.92 Å². The molecule has 0 fully saturated rings. The summed E-state index contributed by atoms with van der Waals surface area (Å²) in [6.45, 7) is 1.89. The minimum atomic E-state index is -4.17. The van der Waals surface area contributed by atoms with Gasteiger partial charge in [0.2, 0.25) is 0 Å². The highest BCUT2D eigenvalue weighted by molar-refractivity contribution is 9.10. The Labute approximate surface area is 203 Å². The zero-order valence-electron chi connectivity index (χ0n) is 17.9. The van der Waals surface area contributed by atoms with E-state index in [1.165, 1.54) is 12.1 Å². The van der Waals surface area contributed by atoms with Crippen LogP contribution < -0.4 is 9.50 Å². The summed E-state index contributed by atoms with van der Waals surface area (Å²) in [6, 6.07) is 14.3. The van der Waals surface area contributed by atoms with Crippen molar-refractivity contribution in [1.29, 1.82) is 0 Å². The van der Waals surface area contributed by atoms with Gasteiger partial charge >= 0.3 is 16.1 Å². The highest BCUT2D eigenvalue weighted by Gasteiger charge is 2.19. The van der Waals surface area contributed by atoms with Gasteiger partial charge in [0.25, 0.3) is 0 Å². The smallest absolute Gasteiger partial charge is 0.339 e. The van der Waals surface area contributed by atoms with Crippen LogP contribution in [0.4, 0.5) is 10.2 Å². The van der Waals surface area contributed by atoms with Gasteiger partial charge in [0.05, 0.1) is 6.61 Å². The second-order valence-corrected chi connectivity index (χ2v) is 9.52. The van der Waals surface area contributed by atoms with Gasteiger partial charge in [-0.05, 0) is 71.4 Å². The predicted octanol–water partition coefficient (Wildman–Crippen LogP) is 4.65. The lowest BCUT2D eigenvalue weighted by molar-refractivity contribution is -0.140. The molecule has 4 aromatic rings. The van der Waals surface area contributed by atoms with E-state index in [1.54, 1.807) is 35.7 Å². The van der Waals surface area contributed by atoms with E-state index >= 15 is 0 Å². The third-order valence-corrected chi connectivity index (χ3v) is 6.43. The van der Waals surface area contributed by atoms with Crippen molar-refractivity contribution in [3.05, 3.63) is 77.2 Å². The standard InChI is InChI=1S/C23H19BrFN3O5S/c1-2-32-21(29)13-26-23-22(27-20-11-6-16(24)14-28(20)23)15-4-3-5-18(12-15)33-34(30,31)19-9-7-17(25)8-10-19/h3-12,14,26H,2,13H2,1H3. The van der Waals surface area contributed by atoms with E-state index in [-0.39, 0.29) is 23.8 Å². The minimum absolute atomic E-state index is 0.0522. The van der Waals surface area contributed by atoms with E-state index in [0.717, 1.165) is 28.7 Å². The Balaban J connectivity index is 1.70. The molecule has 0 amide bonds. The number of carbonyl (C=O) groups is 1. The Morgan fingerprint density at radius 2 is 1.91 bits per heavy atom. The fourth-order valence-corrected chi connectivity index (χ4v) is 4.49. The number of pyridine rings is 1. The van der Waals surface area contributed by atoms with Crippen LogP contribution >= 0.6 is 15.9 Å². The second-order valence-electron chi connectivity index (χ2n) is 7.06. The van der Waals surface area contributed by atoms with Gasteiger partial charge in [0.1, 0.15) is 40.2 Å². The number of carbonyl (C=O) groups excluding carboxylic acids is 1. The molecule has 11 heteroatoms. The molecule has 2 aromatic heterocycles. The monoisotopic (exact) mass is 547 g/mol. The van der Waals surface area contributed by atoms with Crippen LogP contribution in [0.25, 0.3) is 16.9 Å². The summed E-state index contributed by atoms with van der Waals surface area (Å²) in [5.41, 5.74) is 1.64. The Kier molecular flexibility index (Phi) is 6.85. The van der Waals surface area contributed by atoms with Crippen LogP contribution in [0.1, 0.15) is 6.92 Å². The van der Waals surface area contributed by atoms with Crippen molar-refractivity contribution >= 4 is 43.5 Å². The maximum Gasteiger partial charge on any atom is 0.339 e. The number of hydrogen-bond donors (Lipinski definition) is 1. The SMILES string of the molecule is CCOC(=O)CNc1c(-c2cccc(OS(=O)(=O)c3ccc(F)cc3)c2)nc2ccc(Br)cn12. The van der Waals surface area contributed by atoms with Crippen molar-refractivity contribution < 1.29 is 26.5 Å². The Morgan fingerprint density at radius 1 is 1.15 bits per heavy atom. The number of imidazole rings is 1. The molecule has 0 spiro atoms. The molecule has 34 heavy (non-hydrogen) atoms. The molecule has 0 unspecified atom stereocenters. The zero-order valence-corrected chi connectivity index (χ0v) is 20.3. The van der Waals surface area contributed by atoms with Crippen LogP contribution in [0.2, 0.25) is 0 Å². The first-order valence-corrected chi connectivity index (χ1v) is 12.3. The van der Waals surface area contributed by atoms with Crippen LogP contribution in [-0.2, 0) is 19.6 Å². The summed E-state index contributed by atoms with van der Waals surface area (Å²) >= 11 is 3.43. The third-order valence-electron chi connectivity index (χ3n) is 4.70. The lowest BCUT2D eigenvalue weighted by Gasteiger charge is -2.10. The van der Waals surface area contributed by atoms with Crippen LogP contribution in [-0.4, -0.2) is 36.9 Å². The molecule has 0 aliphatic heterocycles. The minimum Gasteiger partial charge on any atom is -0.465 e. The number of hydrogen-bond acceptors (Lipinski definition) is 7. The summed E-state index contributed by atoms with van der Waals surface area (Å²) in [5.74, 6) is -0.414. The second kappa shape index (κ2) is 9.82. The van der Waals surface area contributed by atoms with Gasteiger partial charge in [-0.15, -0.1) is 0 Å². The van der Waals surface area contributed by atoms with Gasteiger partial charge in [-0.25, -0.2) is 9.37 Å². The van der Waals surface area contributed by atoms with E-state index in [1.807, 2.05) is 6.07 Å². The van der Waals surface area contributed by atoms with Crippen molar-refractivity contribution in [3.63, 3.8) is 0 Å². The van der Waals surface area contributed by atoms with E-state index in [2.05, 4.69) is 26.2 Å². The molecule has 0 atom stereocenters. The van der Waals surface area contributed by atoms with Crippen LogP contribution in [0.5, 0.6) is 5.75 Å².